The van der Waals surface area contributed by atoms with Gasteiger partial charge in [0.25, 0.3) is 0 Å². The summed E-state index contributed by atoms with van der Waals surface area (Å²) in [4.78, 5) is 0. The molecule has 5 heteroatoms. The molecule has 0 aromatic heterocycles. The summed E-state index contributed by atoms with van der Waals surface area (Å²) in [6, 6.07) is 5.21. The Bertz CT molecular complexity index is 442. The van der Waals surface area contributed by atoms with Crippen molar-refractivity contribution >= 4 is 5.84 Å². The lowest BCUT2D eigenvalue weighted by molar-refractivity contribution is 0.283. The van der Waals surface area contributed by atoms with Crippen LogP contribution in [-0.2, 0) is 0 Å². The molecule has 1 aromatic rings. The third kappa shape index (κ3) is 3.06. The molecule has 0 saturated heterocycles. The molecule has 5 nitrogen and oxygen atoms in total. The summed E-state index contributed by atoms with van der Waals surface area (Å²) in [6.45, 7) is 0.698. The molecule has 0 radical (unpaired) electrons. The van der Waals surface area contributed by atoms with E-state index in [1.807, 2.05) is 0 Å². The number of benzene rings is 1. The number of rotatable bonds is 6. The normalized spacial score (nSPS) is 15.5. The van der Waals surface area contributed by atoms with Crippen LogP contribution < -0.4 is 15.2 Å². The molecule has 2 rings (SSSR count). The summed E-state index contributed by atoms with van der Waals surface area (Å²) in [7, 11) is 1.57. The molecule has 0 aliphatic heterocycles. The molecule has 98 valence electrons. The molecule has 1 aromatic carbocycles. The van der Waals surface area contributed by atoms with E-state index < -0.39 is 0 Å². The van der Waals surface area contributed by atoms with Crippen molar-refractivity contribution in [2.24, 2.45) is 16.8 Å². The molecular formula is C13H18N2O3. The van der Waals surface area contributed by atoms with E-state index in [2.05, 4.69) is 5.16 Å². The van der Waals surface area contributed by atoms with E-state index in [0.717, 1.165) is 12.3 Å². The molecule has 18 heavy (non-hydrogen) atoms. The second-order valence-corrected chi connectivity index (χ2v) is 4.43. The second kappa shape index (κ2) is 5.62. The van der Waals surface area contributed by atoms with Gasteiger partial charge in [0.05, 0.1) is 13.7 Å². The summed E-state index contributed by atoms with van der Waals surface area (Å²) < 4.78 is 10.9. The lowest BCUT2D eigenvalue weighted by atomic mass is 10.2. The molecule has 1 saturated carbocycles. The average Bonchev–Trinajstić information content (AvgIpc) is 3.22. The van der Waals surface area contributed by atoms with Crippen molar-refractivity contribution in [2.75, 3.05) is 13.7 Å². The van der Waals surface area contributed by atoms with E-state index in [-0.39, 0.29) is 5.84 Å². The summed E-state index contributed by atoms with van der Waals surface area (Å²) >= 11 is 0. The van der Waals surface area contributed by atoms with Gasteiger partial charge in [0.2, 0.25) is 0 Å². The molecule has 0 atom stereocenters. The van der Waals surface area contributed by atoms with E-state index in [0.29, 0.717) is 23.7 Å². The molecule has 1 fully saturated rings. The van der Waals surface area contributed by atoms with E-state index in [4.69, 9.17) is 20.4 Å². The molecule has 0 heterocycles. The van der Waals surface area contributed by atoms with Crippen LogP contribution in [0.3, 0.4) is 0 Å². The zero-order chi connectivity index (χ0) is 13.0. The smallest absolute Gasteiger partial charge is 0.170 e. The Kier molecular flexibility index (Phi) is 3.92. The predicted molar refractivity (Wildman–Crippen MR) is 68.3 cm³/mol. The van der Waals surface area contributed by atoms with Gasteiger partial charge in [-0.1, -0.05) is 18.0 Å². The average molecular weight is 250 g/mol. The quantitative estimate of drug-likeness (QED) is 0.350. The Hall–Kier alpha value is -1.91. The van der Waals surface area contributed by atoms with Crippen molar-refractivity contribution in [2.45, 2.75) is 19.3 Å². The first-order valence-electron chi connectivity index (χ1n) is 6.03. The number of methoxy groups -OCH3 is 1. The number of nitrogens with two attached hydrogens (primary N) is 1. The van der Waals surface area contributed by atoms with Crippen molar-refractivity contribution in [3.8, 4) is 11.5 Å². The van der Waals surface area contributed by atoms with Crippen LogP contribution in [0.15, 0.2) is 23.4 Å². The first-order chi connectivity index (χ1) is 8.74. The van der Waals surface area contributed by atoms with Gasteiger partial charge in [-0.3, -0.25) is 0 Å². The topological polar surface area (TPSA) is 77.1 Å². The van der Waals surface area contributed by atoms with E-state index >= 15 is 0 Å². The minimum absolute atomic E-state index is 0.0535. The van der Waals surface area contributed by atoms with Crippen LogP contribution in [-0.4, -0.2) is 24.8 Å². The largest absolute Gasteiger partial charge is 0.493 e. The third-order valence-electron chi connectivity index (χ3n) is 3.05. The fourth-order valence-corrected chi connectivity index (χ4v) is 1.75. The Labute approximate surface area is 106 Å². The number of nitrogens with zero attached hydrogens (tertiary/aromatic N) is 1. The minimum atomic E-state index is 0.0535. The van der Waals surface area contributed by atoms with Crippen LogP contribution in [0.2, 0.25) is 0 Å². The van der Waals surface area contributed by atoms with Crippen molar-refractivity contribution in [3.05, 3.63) is 23.8 Å². The summed E-state index contributed by atoms with van der Waals surface area (Å²) in [5.74, 6) is 2.17. The number of hydrogen-bond donors (Lipinski definition) is 2. The maximum absolute atomic E-state index is 8.62. The standard InChI is InChI=1S/C13H18N2O3/c1-17-12-8-10(13(14)15-16)4-5-11(12)18-7-6-9-2-3-9/h4-5,8-9,16H,2-3,6-7H2,1H3,(H2,14,15). The zero-order valence-electron chi connectivity index (χ0n) is 10.4. The van der Waals surface area contributed by atoms with Gasteiger partial charge >= 0.3 is 0 Å². The van der Waals surface area contributed by atoms with Crippen molar-refractivity contribution in [1.29, 1.82) is 0 Å². The highest BCUT2D eigenvalue weighted by molar-refractivity contribution is 5.97. The van der Waals surface area contributed by atoms with Crippen molar-refractivity contribution in [1.82, 2.24) is 0 Å². The maximum atomic E-state index is 8.62. The van der Waals surface area contributed by atoms with Crippen LogP contribution in [0.5, 0.6) is 11.5 Å². The monoisotopic (exact) mass is 250 g/mol. The molecule has 0 bridgehead atoms. The fourth-order valence-electron chi connectivity index (χ4n) is 1.75. The molecule has 1 aliphatic rings. The van der Waals surface area contributed by atoms with Crippen LogP contribution in [0.4, 0.5) is 0 Å². The van der Waals surface area contributed by atoms with E-state index in [1.54, 1.807) is 25.3 Å². The highest BCUT2D eigenvalue weighted by atomic mass is 16.5. The van der Waals surface area contributed by atoms with Gasteiger partial charge in [0, 0.05) is 5.56 Å². The number of amidine groups is 1. The van der Waals surface area contributed by atoms with Crippen molar-refractivity contribution in [3.63, 3.8) is 0 Å². The molecule has 3 N–H and O–H groups in total. The lowest BCUT2D eigenvalue weighted by Crippen LogP contribution is -2.13. The fraction of sp³-hybridized carbons (Fsp3) is 0.462. The molecule has 0 spiro atoms. The van der Waals surface area contributed by atoms with Gasteiger partial charge in [-0.2, -0.15) is 0 Å². The molecule has 1 aliphatic carbocycles. The van der Waals surface area contributed by atoms with E-state index in [1.165, 1.54) is 12.8 Å². The molecular weight excluding hydrogens is 232 g/mol. The number of oxime groups is 1. The minimum Gasteiger partial charge on any atom is -0.493 e. The Morgan fingerprint density at radius 1 is 1.44 bits per heavy atom. The van der Waals surface area contributed by atoms with Crippen molar-refractivity contribution < 1.29 is 14.7 Å². The SMILES string of the molecule is COc1cc(C(N)=NO)ccc1OCCC1CC1. The Morgan fingerprint density at radius 3 is 2.83 bits per heavy atom. The number of ether oxygens (including phenoxy) is 2. The molecule has 0 amide bonds. The van der Waals surface area contributed by atoms with Gasteiger partial charge in [-0.05, 0) is 30.5 Å². The van der Waals surface area contributed by atoms with Crippen LogP contribution >= 0.6 is 0 Å². The highest BCUT2D eigenvalue weighted by Gasteiger charge is 2.21. The highest BCUT2D eigenvalue weighted by Crippen LogP contribution is 2.33. The molecule has 0 unspecified atom stereocenters. The second-order valence-electron chi connectivity index (χ2n) is 4.43. The summed E-state index contributed by atoms with van der Waals surface area (Å²) in [5, 5.41) is 11.6. The predicted octanol–water partition coefficient (Wildman–Crippen LogP) is 1.97. The van der Waals surface area contributed by atoms with Gasteiger partial charge < -0.3 is 20.4 Å². The number of hydrogen-bond acceptors (Lipinski definition) is 4. The van der Waals surface area contributed by atoms with Crippen LogP contribution in [0, 0.1) is 5.92 Å². The first-order valence-corrected chi connectivity index (χ1v) is 6.03. The van der Waals surface area contributed by atoms with E-state index in [9.17, 15) is 0 Å². The maximum Gasteiger partial charge on any atom is 0.170 e. The Morgan fingerprint density at radius 2 is 2.22 bits per heavy atom. The van der Waals surface area contributed by atoms with Crippen LogP contribution in [0.25, 0.3) is 0 Å². The van der Waals surface area contributed by atoms with Gasteiger partial charge in [0.15, 0.2) is 17.3 Å². The van der Waals surface area contributed by atoms with Gasteiger partial charge in [-0.15, -0.1) is 0 Å². The lowest BCUT2D eigenvalue weighted by Gasteiger charge is -2.11. The van der Waals surface area contributed by atoms with Gasteiger partial charge in [0.1, 0.15) is 0 Å². The van der Waals surface area contributed by atoms with Crippen LogP contribution in [0.1, 0.15) is 24.8 Å². The van der Waals surface area contributed by atoms with Gasteiger partial charge in [-0.25, -0.2) is 0 Å². The first kappa shape index (κ1) is 12.5. The Balaban J connectivity index is 2.04. The summed E-state index contributed by atoms with van der Waals surface area (Å²) in [5.41, 5.74) is 6.12. The zero-order valence-corrected chi connectivity index (χ0v) is 10.4. The summed E-state index contributed by atoms with van der Waals surface area (Å²) in [6.07, 6.45) is 3.73. The third-order valence-corrected chi connectivity index (χ3v) is 3.05.